The summed E-state index contributed by atoms with van der Waals surface area (Å²) >= 11 is 0. The number of aromatic hydroxyl groups is 1. The predicted octanol–water partition coefficient (Wildman–Crippen LogP) is 2.65. The SMILES string of the molecule is CC(=O)c1ccc(C(=O)N[C@@H](CCCCNC(=O)CCC(=O)NCC(=O)N[C@@H](Cc2ccccc2)C(=O)N[C@@H](CC(C)C)C(=O)NCC(=O)NCCCN2C(=O)C=CC2=O)C(=O)N2CCC[C@H]2C(=O)N(C)[C@@H](CCCNC(=N)N)C(=O)C[C@@H](CCCNC(=N)N)C(=O)N2CCC[C@H]2C(=O)C[C@@H](Cc2ccc(O)cc2)C(=O)N[C@H](C(=O)C[C@@H](CC(C)C)C(=O)O)C(C)(C)C)cc1. The third-order valence-electron chi connectivity index (χ3n) is 22.9. The van der Waals surface area contributed by atoms with Gasteiger partial charge in [0.15, 0.2) is 35.1 Å². The lowest BCUT2D eigenvalue weighted by Gasteiger charge is -2.35. The molecule has 3 aromatic carbocycles. The Balaban J connectivity index is 1.11. The van der Waals surface area contributed by atoms with Crippen molar-refractivity contribution >= 4 is 118 Å². The molecular weight excluding hydrogens is 1680 g/mol. The number of nitrogens with one attached hydrogen (secondary N) is 12. The van der Waals surface area contributed by atoms with Gasteiger partial charge in [0.25, 0.3) is 17.7 Å². The average Bonchev–Trinajstić information content (AvgIpc) is 1.62. The number of carbonyl (C=O) groups is 18. The standard InChI is InChI=1S/C92H132N18O20/c1-55(2)46-64(89(129)130)52-74(115)81(92(6,7)8)106-83(123)63(48-59-27-33-65(112)34-28-59)51-73(114)70-25-17-43-108(70)86(126)62(22-15-40-99-90(93)94)50-72(113)69(24-16-41-100-91(95)96)107(9)88(128)71-26-18-44-109(71)87(127)66(104-82(122)61-31-29-60(30-32-61)57(5)111)23-13-14-39-97-75(116)35-36-76(117)101-54-78(119)103-68(49-58-20-11-10-12-21-58)85(125)105-67(47-56(3)4)84(124)102-53-77(118)98-42-19-45-110-79(120)37-38-80(110)121/h10-12,20-21,27-34,37-38,55-56,62-64,66-71,81,112H,13-19,22-26,35-36,39-54H2,1-9H3,(H,97,116)(H,98,118)(H,101,117)(H,102,124)(H,103,119)(H,104,122)(H,105,125)(H,106,123)(H,129,130)(H4,93,94,99)(H4,95,96,100)/t62-,63-,64-,66+,67+,68+,69+,70+,71+,81-/m1/s1. The van der Waals surface area contributed by atoms with E-state index in [0.717, 1.165) is 17.1 Å². The normalized spacial score (nSPS) is 16.0. The first-order valence-electron chi connectivity index (χ1n) is 44.6. The summed E-state index contributed by atoms with van der Waals surface area (Å²) in [6, 6.07) is 12.0. The largest absolute Gasteiger partial charge is 0.508 e. The van der Waals surface area contributed by atoms with Crippen LogP contribution < -0.4 is 64.6 Å². The van der Waals surface area contributed by atoms with Crippen LogP contribution >= 0.6 is 0 Å². The molecule has 3 aromatic rings. The van der Waals surface area contributed by atoms with E-state index in [1.165, 1.54) is 65.1 Å². The number of nitrogens with two attached hydrogens (primary N) is 2. The van der Waals surface area contributed by atoms with Crippen LogP contribution in [0.25, 0.3) is 0 Å². The first kappa shape index (κ1) is 106. The van der Waals surface area contributed by atoms with Crippen LogP contribution in [-0.4, -0.2) is 256 Å². The van der Waals surface area contributed by atoms with Gasteiger partial charge in [-0.15, -0.1) is 0 Å². The number of amides is 13. The van der Waals surface area contributed by atoms with Crippen LogP contribution in [0.1, 0.15) is 209 Å². The number of phenols is 1. The van der Waals surface area contributed by atoms with Gasteiger partial charge in [0.05, 0.1) is 37.1 Å². The predicted molar refractivity (Wildman–Crippen MR) is 481 cm³/mol. The molecule has 38 heteroatoms. The lowest BCUT2D eigenvalue weighted by molar-refractivity contribution is -0.148. The van der Waals surface area contributed by atoms with Crippen molar-refractivity contribution < 1.29 is 96.5 Å². The zero-order valence-corrected chi connectivity index (χ0v) is 76.0. The van der Waals surface area contributed by atoms with E-state index in [1.54, 1.807) is 63.2 Å². The summed E-state index contributed by atoms with van der Waals surface area (Å²) < 4.78 is 0. The molecule has 38 nitrogen and oxygen atoms in total. The number of carbonyl (C=O) groups excluding carboxylic acids is 17. The van der Waals surface area contributed by atoms with Gasteiger partial charge in [0.2, 0.25) is 59.1 Å². The monoisotopic (exact) mass is 1810 g/mol. The highest BCUT2D eigenvalue weighted by molar-refractivity contribution is 6.13. The second kappa shape index (κ2) is 52.6. The van der Waals surface area contributed by atoms with Crippen molar-refractivity contribution in [2.24, 2.45) is 46.5 Å². The van der Waals surface area contributed by atoms with Gasteiger partial charge in [0.1, 0.15) is 29.9 Å². The van der Waals surface area contributed by atoms with E-state index >= 15 is 19.2 Å². The number of guanidine groups is 2. The Labute approximate surface area is 758 Å². The van der Waals surface area contributed by atoms with Crippen LogP contribution in [0.5, 0.6) is 5.75 Å². The Hall–Kier alpha value is -12.8. The highest BCUT2D eigenvalue weighted by Gasteiger charge is 2.45. The molecule has 2 saturated heterocycles. The molecule has 6 rings (SSSR count). The Morgan fingerprint density at radius 1 is 0.515 bits per heavy atom. The number of hydrogen-bond acceptors (Lipinski definition) is 21. The third-order valence-corrected chi connectivity index (χ3v) is 22.9. The van der Waals surface area contributed by atoms with Gasteiger partial charge < -0.3 is 89.5 Å². The molecule has 3 aliphatic rings. The number of hydrogen-bond donors (Lipinski definition) is 16. The van der Waals surface area contributed by atoms with E-state index in [4.69, 9.17) is 22.3 Å². The number of rotatable bonds is 55. The zero-order chi connectivity index (χ0) is 96.1. The fourth-order valence-electron chi connectivity index (χ4n) is 16.0. The zero-order valence-electron chi connectivity index (χ0n) is 76.0. The van der Waals surface area contributed by atoms with Crippen LogP contribution in [0.15, 0.2) is 91.0 Å². The highest BCUT2D eigenvalue weighted by atomic mass is 16.4. The van der Waals surface area contributed by atoms with Crippen molar-refractivity contribution in [3.63, 3.8) is 0 Å². The molecule has 2 fully saturated rings. The minimum atomic E-state index is -1.29. The third kappa shape index (κ3) is 35.3. The summed E-state index contributed by atoms with van der Waals surface area (Å²) in [4.78, 5) is 252. The number of aliphatic carboxylic acids is 1. The van der Waals surface area contributed by atoms with Gasteiger partial charge in [-0.1, -0.05) is 103 Å². The fraction of sp³-hybridized carbons (Fsp3) is 0.565. The number of phenolic OH excluding ortho intramolecular Hbond substituents is 1. The number of likely N-dealkylation sites (tertiary alicyclic amines) is 2. The van der Waals surface area contributed by atoms with Crippen LogP contribution in [0, 0.1) is 45.8 Å². The Morgan fingerprint density at radius 3 is 1.65 bits per heavy atom. The number of nitrogens with zero attached hydrogens (tertiary/aromatic N) is 4. The number of carboxylic acids is 1. The van der Waals surface area contributed by atoms with Gasteiger partial charge in [0, 0.05) is 127 Å². The number of ketones is 4. The number of Topliss-reactive ketones (excluding diaryl/α,β-unsaturated/α-hetero) is 4. The lowest BCUT2D eigenvalue weighted by atomic mass is 9.80. The molecule has 0 saturated carbocycles. The summed E-state index contributed by atoms with van der Waals surface area (Å²) in [7, 11) is 1.40. The molecule has 0 bridgehead atoms. The Morgan fingerprint density at radius 2 is 1.06 bits per heavy atom. The topological polar surface area (TPSA) is 581 Å². The van der Waals surface area contributed by atoms with Crippen LogP contribution in [0.3, 0.4) is 0 Å². The van der Waals surface area contributed by atoms with E-state index in [-0.39, 0.29) is 196 Å². The van der Waals surface area contributed by atoms with Crippen molar-refractivity contribution in [1.82, 2.24) is 72.8 Å². The van der Waals surface area contributed by atoms with Crippen LogP contribution in [0.4, 0.5) is 0 Å². The molecule has 10 atom stereocenters. The second-order valence-corrected chi connectivity index (χ2v) is 35.4. The van der Waals surface area contributed by atoms with E-state index in [9.17, 15) is 77.3 Å². The maximum Gasteiger partial charge on any atom is 0.306 e. The van der Waals surface area contributed by atoms with E-state index in [0.29, 0.717) is 29.5 Å². The number of benzene rings is 3. The van der Waals surface area contributed by atoms with Gasteiger partial charge in [-0.05, 0) is 156 Å². The molecule has 18 N–H and O–H groups in total. The van der Waals surface area contributed by atoms with Crippen molar-refractivity contribution in [3.05, 3.63) is 113 Å². The molecule has 13 amide bonds. The summed E-state index contributed by atoms with van der Waals surface area (Å²) in [6.07, 6.45) is 2.64. The summed E-state index contributed by atoms with van der Waals surface area (Å²) in [5, 5.41) is 62.6. The molecule has 0 aliphatic carbocycles. The molecule has 0 radical (unpaired) electrons. The van der Waals surface area contributed by atoms with Crippen molar-refractivity contribution in [1.29, 1.82) is 10.8 Å². The van der Waals surface area contributed by atoms with E-state index in [2.05, 4.69) is 53.2 Å². The number of likely N-dealkylation sites (N-methyl/N-ethyl adjacent to an activating group) is 1. The molecule has 0 spiro atoms. The quantitative estimate of drug-likeness (QED) is 0.0127. The van der Waals surface area contributed by atoms with Gasteiger partial charge in [-0.2, -0.15) is 0 Å². The van der Waals surface area contributed by atoms with Gasteiger partial charge in [-0.25, -0.2) is 0 Å². The summed E-state index contributed by atoms with van der Waals surface area (Å²) in [5.41, 5.74) is 12.0. The number of imide groups is 1. The molecule has 710 valence electrons. The first-order valence-corrected chi connectivity index (χ1v) is 44.6. The average molecular weight is 1810 g/mol. The van der Waals surface area contributed by atoms with Crippen molar-refractivity contribution in [2.75, 3.05) is 66.0 Å². The van der Waals surface area contributed by atoms with E-state index < -0.39 is 192 Å². The second-order valence-electron chi connectivity index (χ2n) is 35.4. The maximum absolute atomic E-state index is 15.3. The minimum absolute atomic E-state index is 0.0196. The molecule has 3 aliphatic heterocycles. The van der Waals surface area contributed by atoms with Gasteiger partial charge in [-0.3, -0.25) is 102 Å². The summed E-state index contributed by atoms with van der Waals surface area (Å²) in [6.45, 7) is 13.3. The number of carboxylic acid groups (broad SMARTS) is 1. The van der Waals surface area contributed by atoms with Crippen LogP contribution in [-0.2, 0) is 89.6 Å². The van der Waals surface area contributed by atoms with Gasteiger partial charge >= 0.3 is 5.97 Å². The number of unbranched alkanes of at least 4 members (excludes halogenated alkanes) is 1. The smallest absolute Gasteiger partial charge is 0.306 e. The Kier molecular flexibility index (Phi) is 42.9. The lowest BCUT2D eigenvalue weighted by Crippen LogP contribution is -2.56. The fourth-order valence-corrected chi connectivity index (χ4v) is 16.0. The van der Waals surface area contributed by atoms with Crippen molar-refractivity contribution in [3.8, 4) is 5.75 Å². The highest BCUT2D eigenvalue weighted by Crippen LogP contribution is 2.32. The Bertz CT molecular complexity index is 4520. The molecule has 130 heavy (non-hydrogen) atoms. The molecule has 0 unspecified atom stereocenters. The molecule has 3 heterocycles. The minimum Gasteiger partial charge on any atom is -0.508 e. The van der Waals surface area contributed by atoms with Crippen LogP contribution in [0.2, 0.25) is 0 Å². The van der Waals surface area contributed by atoms with E-state index in [1.807, 2.05) is 27.7 Å². The first-order chi connectivity index (χ1) is 61.5. The summed E-state index contributed by atoms with van der Waals surface area (Å²) in [5.74, 6) is -15.4. The molecule has 0 aromatic heterocycles. The van der Waals surface area contributed by atoms with Crippen molar-refractivity contribution in [2.45, 2.75) is 233 Å². The maximum atomic E-state index is 15.3. The molecular formula is C92H132N18O20.